The Labute approximate surface area is 232 Å². The maximum Gasteiger partial charge on any atom is 0.214 e. The van der Waals surface area contributed by atoms with E-state index in [2.05, 4.69) is 19.9 Å². The fourth-order valence-corrected chi connectivity index (χ4v) is 8.31. The third-order valence-electron chi connectivity index (χ3n) is 8.33. The minimum Gasteiger partial charge on any atom is -0.490 e. The van der Waals surface area contributed by atoms with Crippen LogP contribution in [0.4, 0.5) is 8.78 Å². The van der Waals surface area contributed by atoms with Crippen molar-refractivity contribution in [1.29, 1.82) is 0 Å². The lowest BCUT2D eigenvalue weighted by molar-refractivity contribution is 0.175. The molecule has 2 aliphatic rings. The Morgan fingerprint density at radius 2 is 1.90 bits per heavy atom. The summed E-state index contributed by atoms with van der Waals surface area (Å²) in [7, 11) is -3.44. The number of aromatic nitrogens is 4. The van der Waals surface area contributed by atoms with Crippen LogP contribution >= 0.6 is 0 Å². The second-order valence-corrected chi connectivity index (χ2v) is 13.2. The Bertz CT molecular complexity index is 1640. The molecule has 1 atom stereocenters. The van der Waals surface area contributed by atoms with E-state index in [0.717, 1.165) is 78.5 Å². The van der Waals surface area contributed by atoms with E-state index in [4.69, 9.17) is 4.74 Å². The van der Waals surface area contributed by atoms with Gasteiger partial charge in [0, 0.05) is 47.7 Å². The fourth-order valence-electron chi connectivity index (χ4n) is 6.33. The standard InChI is InChI=1S/C29H33F2N5O3S/c1-18-34-25-14-33-29-23(10-11-32-29)27(25)28(35-18)21-6-4-19(5-7-21)17-40(37,38)36-12-2-3-20(15-36)16-39-26-9-8-22(30)13-24(26)31/h8-11,13-14,19-21H,2-7,12,15-17H2,1H3,(H,34,35). The Morgan fingerprint density at radius 3 is 2.70 bits per heavy atom. The molecule has 4 aromatic rings. The minimum absolute atomic E-state index is 0.0146. The van der Waals surface area contributed by atoms with Crippen molar-refractivity contribution in [1.82, 2.24) is 24.2 Å². The Kier molecular flexibility index (Phi) is 7.43. The summed E-state index contributed by atoms with van der Waals surface area (Å²) in [6, 6.07) is 5.18. The number of benzene rings is 1. The van der Waals surface area contributed by atoms with Gasteiger partial charge in [0.1, 0.15) is 11.6 Å². The van der Waals surface area contributed by atoms with Crippen molar-refractivity contribution in [2.45, 2.75) is 51.4 Å². The number of nitrogens with one attached hydrogen (secondary N) is 1. The van der Waals surface area contributed by atoms with Gasteiger partial charge in [0.2, 0.25) is 10.0 Å². The highest BCUT2D eigenvalue weighted by molar-refractivity contribution is 7.89. The van der Waals surface area contributed by atoms with E-state index in [-0.39, 0.29) is 35.9 Å². The lowest BCUT2D eigenvalue weighted by Gasteiger charge is -2.34. The topological polar surface area (TPSA) is 101 Å². The zero-order valence-corrected chi connectivity index (χ0v) is 23.3. The molecule has 0 radical (unpaired) electrons. The van der Waals surface area contributed by atoms with Crippen molar-refractivity contribution < 1.29 is 21.9 Å². The molecular formula is C29H33F2N5O3S. The molecule has 0 spiro atoms. The number of hydrogen-bond donors (Lipinski definition) is 1. The summed E-state index contributed by atoms with van der Waals surface area (Å²) in [6.07, 6.45) is 8.53. The number of nitrogens with zero attached hydrogens (tertiary/aromatic N) is 4. The second kappa shape index (κ2) is 11.0. The summed E-state index contributed by atoms with van der Waals surface area (Å²) < 4.78 is 61.1. The zero-order valence-electron chi connectivity index (χ0n) is 22.4. The molecule has 1 aromatic carbocycles. The monoisotopic (exact) mass is 569 g/mol. The van der Waals surface area contributed by atoms with E-state index in [1.54, 1.807) is 16.7 Å². The normalized spacial score (nSPS) is 22.6. The van der Waals surface area contributed by atoms with Gasteiger partial charge in [-0.3, -0.25) is 0 Å². The zero-order chi connectivity index (χ0) is 27.9. The number of fused-ring (bicyclic) bond motifs is 3. The van der Waals surface area contributed by atoms with Gasteiger partial charge in [-0.2, -0.15) is 0 Å². The largest absolute Gasteiger partial charge is 0.490 e. The van der Waals surface area contributed by atoms with Crippen LogP contribution in [0.25, 0.3) is 21.9 Å². The quantitative estimate of drug-likeness (QED) is 0.316. The van der Waals surface area contributed by atoms with Gasteiger partial charge in [-0.25, -0.2) is 36.5 Å². The van der Waals surface area contributed by atoms with Crippen LogP contribution < -0.4 is 4.74 Å². The number of hydrogen-bond acceptors (Lipinski definition) is 6. The van der Waals surface area contributed by atoms with Crippen LogP contribution in [-0.4, -0.2) is 58.1 Å². The molecule has 1 saturated heterocycles. The molecule has 6 rings (SSSR count). The Balaban J connectivity index is 1.08. The van der Waals surface area contributed by atoms with Crippen molar-refractivity contribution in [2.24, 2.45) is 11.8 Å². The van der Waals surface area contributed by atoms with Gasteiger partial charge in [0.25, 0.3) is 0 Å². The number of aromatic amines is 1. The van der Waals surface area contributed by atoms with Gasteiger partial charge in [0.05, 0.1) is 24.1 Å². The molecule has 1 aliphatic heterocycles. The highest BCUT2D eigenvalue weighted by atomic mass is 32.2. The highest BCUT2D eigenvalue weighted by Crippen LogP contribution is 2.40. The van der Waals surface area contributed by atoms with Crippen LogP contribution in [0, 0.1) is 30.4 Å². The van der Waals surface area contributed by atoms with Crippen LogP contribution in [0.1, 0.15) is 56.0 Å². The lowest BCUT2D eigenvalue weighted by atomic mass is 9.80. The number of aryl methyl sites for hydroxylation is 1. The van der Waals surface area contributed by atoms with Crippen molar-refractivity contribution in [3.63, 3.8) is 0 Å². The lowest BCUT2D eigenvalue weighted by Crippen LogP contribution is -2.43. The van der Waals surface area contributed by atoms with Crippen molar-refractivity contribution in [2.75, 3.05) is 25.4 Å². The van der Waals surface area contributed by atoms with Gasteiger partial charge < -0.3 is 9.72 Å². The molecule has 8 nitrogen and oxygen atoms in total. The van der Waals surface area contributed by atoms with Gasteiger partial charge >= 0.3 is 0 Å². The first-order valence-corrected chi connectivity index (χ1v) is 15.5. The predicted molar refractivity (Wildman–Crippen MR) is 149 cm³/mol. The summed E-state index contributed by atoms with van der Waals surface area (Å²) in [5.74, 6) is -0.117. The summed E-state index contributed by atoms with van der Waals surface area (Å²) in [6.45, 7) is 2.99. The molecule has 212 valence electrons. The van der Waals surface area contributed by atoms with E-state index in [1.807, 2.05) is 13.0 Å². The smallest absolute Gasteiger partial charge is 0.214 e. The summed E-state index contributed by atoms with van der Waals surface area (Å²) in [5, 5.41) is 2.05. The molecule has 2 fully saturated rings. The Hall–Kier alpha value is -3.18. The SMILES string of the molecule is Cc1nc2cnc3nccc3c2c(C2CCC(CS(=O)(=O)N3CCCC(COc4ccc(F)cc4F)C3)CC2)[nH]1. The third kappa shape index (κ3) is 5.54. The molecule has 0 bridgehead atoms. The van der Waals surface area contributed by atoms with Crippen molar-refractivity contribution in [3.05, 3.63) is 59.8 Å². The van der Waals surface area contributed by atoms with Crippen LogP contribution in [0.2, 0.25) is 0 Å². The molecule has 1 N–H and O–H groups in total. The fraction of sp³-hybridized carbons (Fsp3) is 0.483. The van der Waals surface area contributed by atoms with E-state index in [0.29, 0.717) is 18.7 Å². The molecular weight excluding hydrogens is 536 g/mol. The van der Waals surface area contributed by atoms with E-state index in [1.165, 1.54) is 6.07 Å². The van der Waals surface area contributed by atoms with Gasteiger partial charge in [-0.05, 0) is 75.5 Å². The molecule has 3 aromatic heterocycles. The van der Waals surface area contributed by atoms with Gasteiger partial charge in [-0.15, -0.1) is 0 Å². The van der Waals surface area contributed by atoms with Gasteiger partial charge in [-0.1, -0.05) is 0 Å². The number of H-pyrrole nitrogens is 1. The maximum atomic E-state index is 13.9. The number of ether oxygens (including phenoxy) is 1. The summed E-state index contributed by atoms with van der Waals surface area (Å²) in [4.78, 5) is 16.9. The predicted octanol–water partition coefficient (Wildman–Crippen LogP) is 5.49. The molecule has 40 heavy (non-hydrogen) atoms. The van der Waals surface area contributed by atoms with Crippen molar-refractivity contribution in [3.8, 4) is 5.75 Å². The number of piperidine rings is 1. The maximum absolute atomic E-state index is 13.9. The first kappa shape index (κ1) is 27.0. The van der Waals surface area contributed by atoms with E-state index in [9.17, 15) is 17.2 Å². The average Bonchev–Trinajstić information content (AvgIpc) is 3.42. The number of rotatable bonds is 7. The molecule has 1 unspecified atom stereocenters. The molecule has 11 heteroatoms. The van der Waals surface area contributed by atoms with Crippen LogP contribution in [0.15, 0.2) is 36.7 Å². The van der Waals surface area contributed by atoms with Crippen LogP contribution in [-0.2, 0) is 10.0 Å². The minimum atomic E-state index is -3.44. The van der Waals surface area contributed by atoms with E-state index >= 15 is 0 Å². The first-order valence-electron chi connectivity index (χ1n) is 13.9. The first-order chi connectivity index (χ1) is 19.3. The average molecular weight is 570 g/mol. The molecule has 4 heterocycles. The third-order valence-corrected chi connectivity index (χ3v) is 10.3. The molecule has 1 aliphatic carbocycles. The molecule has 0 amide bonds. The number of pyridine rings is 1. The molecule has 1 saturated carbocycles. The Morgan fingerprint density at radius 1 is 1.07 bits per heavy atom. The summed E-state index contributed by atoms with van der Waals surface area (Å²) >= 11 is 0. The van der Waals surface area contributed by atoms with Crippen molar-refractivity contribution >= 4 is 32.0 Å². The van der Waals surface area contributed by atoms with E-state index < -0.39 is 21.7 Å². The van der Waals surface area contributed by atoms with Crippen LogP contribution in [0.5, 0.6) is 5.75 Å². The van der Waals surface area contributed by atoms with Gasteiger partial charge in [0.15, 0.2) is 17.2 Å². The second-order valence-electron chi connectivity index (χ2n) is 11.2. The number of halogens is 2. The number of sulfonamides is 1. The van der Waals surface area contributed by atoms with Crippen LogP contribution in [0.3, 0.4) is 0 Å². The summed E-state index contributed by atoms with van der Waals surface area (Å²) in [5.41, 5.74) is 2.70. The highest BCUT2D eigenvalue weighted by Gasteiger charge is 2.34.